The average Bonchev–Trinajstić information content (AvgIpc) is 2.57. The highest BCUT2D eigenvalue weighted by molar-refractivity contribution is 6.05. The number of carbonyl (C=O) groups is 1. The van der Waals surface area contributed by atoms with E-state index in [9.17, 15) is 9.18 Å². The summed E-state index contributed by atoms with van der Waals surface area (Å²) in [7, 11) is 0. The zero-order valence-corrected chi connectivity index (χ0v) is 15.1. The largest absolute Gasteiger partial charge is 0.473 e. The van der Waals surface area contributed by atoms with Gasteiger partial charge in [-0.2, -0.15) is 0 Å². The molecule has 1 amide bonds. The second-order valence-electron chi connectivity index (χ2n) is 6.43. The van der Waals surface area contributed by atoms with Gasteiger partial charge in [0.25, 0.3) is 5.91 Å². The molecule has 0 aliphatic carbocycles. The number of anilines is 1. The molecule has 0 radical (unpaired) electrons. The summed E-state index contributed by atoms with van der Waals surface area (Å²) < 4.78 is 18.8. The molecule has 0 aliphatic rings. The predicted octanol–water partition coefficient (Wildman–Crippen LogP) is 4.43. The van der Waals surface area contributed by atoms with Crippen molar-refractivity contribution in [3.63, 3.8) is 0 Å². The molecule has 0 fully saturated rings. The number of rotatable bonds is 4. The smallest absolute Gasteiger partial charge is 0.279 e. The molecule has 1 aromatic heterocycles. The normalized spacial score (nSPS) is 11.0. The number of nitrogens with one attached hydrogen (secondary N) is 1. The maximum atomic E-state index is 13.0. The van der Waals surface area contributed by atoms with E-state index in [0.717, 1.165) is 11.1 Å². The lowest BCUT2D eigenvalue weighted by atomic mass is 10.1. The van der Waals surface area contributed by atoms with Gasteiger partial charge in [0.1, 0.15) is 5.82 Å². The highest BCUT2D eigenvalue weighted by Gasteiger charge is 2.19. The van der Waals surface area contributed by atoms with Crippen molar-refractivity contribution in [1.29, 1.82) is 0 Å². The molecule has 1 heterocycles. The van der Waals surface area contributed by atoms with Crippen LogP contribution >= 0.6 is 0 Å². The first-order valence-electron chi connectivity index (χ1n) is 8.36. The molecule has 0 unspecified atom stereocenters. The Balaban J connectivity index is 2.04. The van der Waals surface area contributed by atoms with Crippen molar-refractivity contribution in [2.75, 3.05) is 5.32 Å². The first-order valence-corrected chi connectivity index (χ1v) is 8.36. The van der Waals surface area contributed by atoms with Crippen LogP contribution in [0.1, 0.15) is 35.5 Å². The van der Waals surface area contributed by atoms with Crippen LogP contribution in [-0.2, 0) is 0 Å². The Labute approximate surface area is 151 Å². The number of benzene rings is 2. The first-order chi connectivity index (χ1) is 12.3. The minimum absolute atomic E-state index is 0.0961. The molecule has 0 saturated heterocycles. The standard InChI is InChI=1S/C20H20FN3O2/c1-11(2)26-20-18(19(25)22-15-7-5-14(21)6-8-15)23-16-9-12(3)13(4)10-17(16)24-20/h5-11H,1-4H3,(H,22,25). The SMILES string of the molecule is Cc1cc2nc(OC(C)C)c(C(=O)Nc3ccc(F)cc3)nc2cc1C. The van der Waals surface area contributed by atoms with Crippen molar-refractivity contribution >= 4 is 22.6 Å². The van der Waals surface area contributed by atoms with Gasteiger partial charge in [-0.15, -0.1) is 0 Å². The lowest BCUT2D eigenvalue weighted by molar-refractivity contribution is 0.101. The maximum Gasteiger partial charge on any atom is 0.279 e. The van der Waals surface area contributed by atoms with Crippen LogP contribution in [0.15, 0.2) is 36.4 Å². The van der Waals surface area contributed by atoms with E-state index in [1.807, 2.05) is 39.8 Å². The van der Waals surface area contributed by atoms with Crippen molar-refractivity contribution in [1.82, 2.24) is 9.97 Å². The Kier molecular flexibility index (Phi) is 4.84. The number of ether oxygens (including phenoxy) is 1. The van der Waals surface area contributed by atoms with E-state index in [4.69, 9.17) is 4.74 Å². The van der Waals surface area contributed by atoms with Gasteiger partial charge in [0.2, 0.25) is 5.88 Å². The molecule has 5 nitrogen and oxygen atoms in total. The minimum Gasteiger partial charge on any atom is -0.473 e. The third kappa shape index (κ3) is 3.79. The van der Waals surface area contributed by atoms with Crippen LogP contribution < -0.4 is 10.1 Å². The van der Waals surface area contributed by atoms with Gasteiger partial charge in [-0.05, 0) is 75.2 Å². The molecule has 3 rings (SSSR count). The van der Waals surface area contributed by atoms with Crippen molar-refractivity contribution in [2.45, 2.75) is 33.8 Å². The average molecular weight is 353 g/mol. The maximum absolute atomic E-state index is 13.0. The number of aryl methyl sites for hydroxylation is 2. The molecular weight excluding hydrogens is 333 g/mol. The predicted molar refractivity (Wildman–Crippen MR) is 99.1 cm³/mol. The molecule has 6 heteroatoms. The van der Waals surface area contributed by atoms with Crippen molar-refractivity contribution in [3.05, 3.63) is 59.0 Å². The van der Waals surface area contributed by atoms with Gasteiger partial charge in [0, 0.05) is 5.69 Å². The summed E-state index contributed by atoms with van der Waals surface area (Å²) >= 11 is 0. The van der Waals surface area contributed by atoms with Crippen LogP contribution in [0, 0.1) is 19.7 Å². The number of halogens is 1. The molecule has 134 valence electrons. The van der Waals surface area contributed by atoms with Crippen LogP contribution in [0.3, 0.4) is 0 Å². The Morgan fingerprint density at radius 1 is 1.04 bits per heavy atom. The van der Waals surface area contributed by atoms with Crippen LogP contribution in [0.4, 0.5) is 10.1 Å². The molecule has 0 atom stereocenters. The van der Waals surface area contributed by atoms with Gasteiger partial charge in [0.05, 0.1) is 17.1 Å². The van der Waals surface area contributed by atoms with E-state index in [0.29, 0.717) is 16.7 Å². The summed E-state index contributed by atoms with van der Waals surface area (Å²) in [5.41, 5.74) is 4.00. The zero-order valence-electron chi connectivity index (χ0n) is 15.1. The molecule has 3 aromatic rings. The fraction of sp³-hybridized carbons (Fsp3) is 0.250. The van der Waals surface area contributed by atoms with Gasteiger partial charge in [0.15, 0.2) is 5.69 Å². The van der Waals surface area contributed by atoms with Gasteiger partial charge in [-0.1, -0.05) is 0 Å². The Morgan fingerprint density at radius 2 is 1.62 bits per heavy atom. The summed E-state index contributed by atoms with van der Waals surface area (Å²) in [4.78, 5) is 21.7. The third-order valence-corrected chi connectivity index (χ3v) is 3.91. The Morgan fingerprint density at radius 3 is 2.19 bits per heavy atom. The fourth-order valence-electron chi connectivity index (χ4n) is 2.47. The number of carbonyl (C=O) groups excluding carboxylic acids is 1. The Bertz CT molecular complexity index is 969. The molecule has 0 saturated carbocycles. The lowest BCUT2D eigenvalue weighted by Crippen LogP contribution is -2.18. The van der Waals surface area contributed by atoms with Gasteiger partial charge < -0.3 is 10.1 Å². The lowest BCUT2D eigenvalue weighted by Gasteiger charge is -2.14. The fourth-order valence-corrected chi connectivity index (χ4v) is 2.47. The summed E-state index contributed by atoms with van der Waals surface area (Å²) in [5, 5.41) is 2.70. The second-order valence-corrected chi connectivity index (χ2v) is 6.43. The first kappa shape index (κ1) is 17.8. The van der Waals surface area contributed by atoms with Crippen molar-refractivity contribution in [3.8, 4) is 5.88 Å². The second kappa shape index (κ2) is 7.07. The number of amides is 1. The highest BCUT2D eigenvalue weighted by atomic mass is 19.1. The van der Waals surface area contributed by atoms with E-state index in [1.165, 1.54) is 24.3 Å². The minimum atomic E-state index is -0.458. The van der Waals surface area contributed by atoms with Crippen LogP contribution in [0.5, 0.6) is 5.88 Å². The topological polar surface area (TPSA) is 64.1 Å². The van der Waals surface area contributed by atoms with Gasteiger partial charge in [-0.3, -0.25) is 4.79 Å². The van der Waals surface area contributed by atoms with Crippen molar-refractivity contribution < 1.29 is 13.9 Å². The summed E-state index contributed by atoms with van der Waals surface area (Å²) in [6.45, 7) is 7.68. The summed E-state index contributed by atoms with van der Waals surface area (Å²) in [5.74, 6) is -0.654. The van der Waals surface area contributed by atoms with E-state index < -0.39 is 5.91 Å². The van der Waals surface area contributed by atoms with E-state index in [2.05, 4.69) is 15.3 Å². The number of fused-ring (bicyclic) bond motifs is 1. The Hall–Kier alpha value is -3.02. The number of aromatic nitrogens is 2. The van der Waals surface area contributed by atoms with Gasteiger partial charge in [-0.25, -0.2) is 14.4 Å². The molecule has 0 spiro atoms. The summed E-state index contributed by atoms with van der Waals surface area (Å²) in [6, 6.07) is 9.34. The molecule has 1 N–H and O–H groups in total. The molecule has 0 bridgehead atoms. The van der Waals surface area contributed by atoms with Crippen LogP contribution in [0.2, 0.25) is 0 Å². The van der Waals surface area contributed by atoms with E-state index in [-0.39, 0.29) is 23.5 Å². The third-order valence-electron chi connectivity index (χ3n) is 3.91. The monoisotopic (exact) mass is 353 g/mol. The number of nitrogens with zero attached hydrogens (tertiary/aromatic N) is 2. The molecular formula is C20H20FN3O2. The van der Waals surface area contributed by atoms with Crippen LogP contribution in [0.25, 0.3) is 11.0 Å². The van der Waals surface area contributed by atoms with Crippen molar-refractivity contribution in [2.24, 2.45) is 0 Å². The van der Waals surface area contributed by atoms with E-state index >= 15 is 0 Å². The highest BCUT2D eigenvalue weighted by Crippen LogP contribution is 2.24. The van der Waals surface area contributed by atoms with E-state index in [1.54, 1.807) is 0 Å². The van der Waals surface area contributed by atoms with Gasteiger partial charge >= 0.3 is 0 Å². The summed E-state index contributed by atoms with van der Waals surface area (Å²) in [6.07, 6.45) is -0.161. The van der Waals surface area contributed by atoms with Crippen LogP contribution in [-0.4, -0.2) is 22.0 Å². The quantitative estimate of drug-likeness (QED) is 0.754. The molecule has 2 aromatic carbocycles. The number of hydrogen-bond acceptors (Lipinski definition) is 4. The zero-order chi connectivity index (χ0) is 18.8. The number of hydrogen-bond donors (Lipinski definition) is 1. The molecule has 26 heavy (non-hydrogen) atoms. The molecule has 0 aliphatic heterocycles.